The monoisotopic (exact) mass is 393 g/mol. The molecule has 0 fully saturated rings. The molecule has 0 aliphatic carbocycles. The number of hydrogen-bond donors (Lipinski definition) is 0. The first-order valence-corrected chi connectivity index (χ1v) is 8.22. The molecule has 0 aromatic heterocycles. The van der Waals surface area contributed by atoms with E-state index in [0.717, 1.165) is 21.3 Å². The summed E-state index contributed by atoms with van der Waals surface area (Å²) in [6.45, 7) is 0. The third-order valence-corrected chi connectivity index (χ3v) is 5.25. The minimum absolute atomic E-state index is 0.105. The zero-order valence-electron chi connectivity index (χ0n) is 10.9. The third kappa shape index (κ3) is 1.78. The van der Waals surface area contributed by atoms with Gasteiger partial charge in [0.25, 0.3) is 0 Å². The number of hydrogen-bond acceptors (Lipinski definition) is 1. The summed E-state index contributed by atoms with van der Waals surface area (Å²) in [4.78, 5) is 14.7. The van der Waals surface area contributed by atoms with E-state index < -0.39 is 5.41 Å². The molecule has 20 heavy (non-hydrogen) atoms. The maximum atomic E-state index is 12.9. The predicted octanol–water partition coefficient (Wildman–Crippen LogP) is 4.11. The van der Waals surface area contributed by atoms with E-state index in [0.29, 0.717) is 5.33 Å². The van der Waals surface area contributed by atoms with Crippen molar-refractivity contribution in [2.24, 2.45) is 0 Å². The van der Waals surface area contributed by atoms with Gasteiger partial charge in [-0.1, -0.05) is 62.2 Å². The highest BCUT2D eigenvalue weighted by atomic mass is 79.9. The van der Waals surface area contributed by atoms with Crippen molar-refractivity contribution in [1.82, 2.24) is 0 Å². The summed E-state index contributed by atoms with van der Waals surface area (Å²) in [6, 6.07) is 16.0. The summed E-state index contributed by atoms with van der Waals surface area (Å²) in [5.74, 6) is 0.105. The van der Waals surface area contributed by atoms with E-state index in [1.165, 1.54) is 0 Å². The summed E-state index contributed by atoms with van der Waals surface area (Å²) >= 11 is 7.08. The van der Waals surface area contributed by atoms with Crippen LogP contribution in [0.3, 0.4) is 0 Å². The Balaban J connectivity index is 2.32. The van der Waals surface area contributed by atoms with Gasteiger partial charge >= 0.3 is 0 Å². The van der Waals surface area contributed by atoms with Gasteiger partial charge in [-0.2, -0.15) is 0 Å². The fourth-order valence-electron chi connectivity index (χ4n) is 2.86. The average Bonchev–Trinajstić information content (AvgIpc) is 2.69. The van der Waals surface area contributed by atoms with Crippen molar-refractivity contribution in [2.45, 2.75) is 5.41 Å². The van der Waals surface area contributed by atoms with Gasteiger partial charge in [-0.15, -0.1) is 0 Å². The van der Waals surface area contributed by atoms with Crippen LogP contribution >= 0.6 is 31.9 Å². The maximum absolute atomic E-state index is 12.9. The Hall–Kier alpha value is -1.13. The number of nitrogens with zero attached hydrogens (tertiary/aromatic N) is 1. The molecule has 0 saturated carbocycles. The summed E-state index contributed by atoms with van der Waals surface area (Å²) in [5, 5.41) is 0.566. The van der Waals surface area contributed by atoms with Crippen LogP contribution < -0.4 is 4.90 Å². The van der Waals surface area contributed by atoms with Crippen LogP contribution in [0.15, 0.2) is 53.0 Å². The Morgan fingerprint density at radius 3 is 2.50 bits per heavy atom. The molecule has 1 atom stereocenters. The number of likely N-dealkylation sites (N-methyl/N-ethyl adjacent to an activating group) is 1. The molecule has 1 heterocycles. The number of rotatable bonds is 2. The minimum atomic E-state index is -0.644. The molecule has 1 unspecified atom stereocenters. The molecule has 102 valence electrons. The van der Waals surface area contributed by atoms with Gasteiger partial charge in [-0.3, -0.25) is 4.79 Å². The smallest absolute Gasteiger partial charge is 0.242 e. The highest BCUT2D eigenvalue weighted by molar-refractivity contribution is 9.10. The highest BCUT2D eigenvalue weighted by Gasteiger charge is 2.50. The second kappa shape index (κ2) is 5.01. The Morgan fingerprint density at radius 1 is 1.15 bits per heavy atom. The van der Waals surface area contributed by atoms with E-state index in [2.05, 4.69) is 31.9 Å². The van der Waals surface area contributed by atoms with E-state index in [1.54, 1.807) is 4.90 Å². The molecule has 1 aliphatic rings. The predicted molar refractivity (Wildman–Crippen MR) is 88.6 cm³/mol. The van der Waals surface area contributed by atoms with Gasteiger partial charge in [0.1, 0.15) is 5.41 Å². The summed E-state index contributed by atoms with van der Waals surface area (Å²) in [7, 11) is 1.84. The summed E-state index contributed by atoms with van der Waals surface area (Å²) in [6.07, 6.45) is 0. The van der Waals surface area contributed by atoms with Crippen molar-refractivity contribution in [3.63, 3.8) is 0 Å². The number of benzene rings is 2. The lowest BCUT2D eigenvalue weighted by atomic mass is 9.77. The normalized spacial score (nSPS) is 21.1. The number of carbonyl (C=O) groups is 1. The molecule has 0 bridgehead atoms. The SMILES string of the molecule is CN1C(=O)C(CBr)(c2ccccc2)c2cc(Br)ccc21. The minimum Gasteiger partial charge on any atom is -0.314 e. The van der Waals surface area contributed by atoms with Crippen LogP contribution in [0.4, 0.5) is 5.69 Å². The van der Waals surface area contributed by atoms with E-state index in [9.17, 15) is 4.79 Å². The number of alkyl halides is 1. The Bertz CT molecular complexity index is 671. The van der Waals surface area contributed by atoms with Gasteiger partial charge in [0.2, 0.25) is 5.91 Å². The van der Waals surface area contributed by atoms with Crippen molar-refractivity contribution in [2.75, 3.05) is 17.3 Å². The van der Waals surface area contributed by atoms with Crippen LogP contribution in [0.1, 0.15) is 11.1 Å². The molecule has 4 heteroatoms. The van der Waals surface area contributed by atoms with E-state index in [4.69, 9.17) is 0 Å². The third-order valence-electron chi connectivity index (χ3n) is 3.92. The number of halogens is 2. The molecular formula is C16H13Br2NO. The molecule has 2 aromatic rings. The first kappa shape index (κ1) is 13.8. The van der Waals surface area contributed by atoms with Gasteiger partial charge in [-0.05, 0) is 29.3 Å². The molecule has 0 N–H and O–H groups in total. The van der Waals surface area contributed by atoms with Crippen LogP contribution in [-0.4, -0.2) is 18.3 Å². The van der Waals surface area contributed by atoms with Gasteiger partial charge in [0.15, 0.2) is 0 Å². The van der Waals surface area contributed by atoms with Crippen LogP contribution in [0, 0.1) is 0 Å². The van der Waals surface area contributed by atoms with Crippen molar-refractivity contribution in [1.29, 1.82) is 0 Å². The largest absolute Gasteiger partial charge is 0.314 e. The van der Waals surface area contributed by atoms with Crippen LogP contribution in [0.2, 0.25) is 0 Å². The van der Waals surface area contributed by atoms with Crippen LogP contribution in [0.25, 0.3) is 0 Å². The lowest BCUT2D eigenvalue weighted by Crippen LogP contribution is -2.41. The summed E-state index contributed by atoms with van der Waals surface area (Å²) < 4.78 is 0.987. The van der Waals surface area contributed by atoms with Crippen LogP contribution in [-0.2, 0) is 10.2 Å². The van der Waals surface area contributed by atoms with Gasteiger partial charge < -0.3 is 4.90 Å². The molecule has 0 radical (unpaired) electrons. The van der Waals surface area contributed by atoms with E-state index >= 15 is 0 Å². The fourth-order valence-corrected chi connectivity index (χ4v) is 4.09. The lowest BCUT2D eigenvalue weighted by Gasteiger charge is -2.26. The van der Waals surface area contributed by atoms with E-state index in [1.807, 2.05) is 55.6 Å². The molecule has 1 amide bonds. The van der Waals surface area contributed by atoms with Gasteiger partial charge in [-0.25, -0.2) is 0 Å². The summed E-state index contributed by atoms with van der Waals surface area (Å²) in [5.41, 5.74) is 2.39. The molecular weight excluding hydrogens is 382 g/mol. The second-order valence-corrected chi connectivity index (χ2v) is 6.41. The molecule has 2 nitrogen and oxygen atoms in total. The molecule has 2 aromatic carbocycles. The average molecular weight is 395 g/mol. The maximum Gasteiger partial charge on any atom is 0.242 e. The van der Waals surface area contributed by atoms with Gasteiger partial charge in [0.05, 0.1) is 0 Å². The Kier molecular flexibility index (Phi) is 3.46. The topological polar surface area (TPSA) is 20.3 Å². The highest BCUT2D eigenvalue weighted by Crippen LogP contribution is 2.47. The van der Waals surface area contributed by atoms with Crippen molar-refractivity contribution >= 4 is 43.5 Å². The first-order chi connectivity index (χ1) is 9.61. The Morgan fingerprint density at radius 2 is 1.85 bits per heavy atom. The number of anilines is 1. The first-order valence-electron chi connectivity index (χ1n) is 6.31. The zero-order chi connectivity index (χ0) is 14.3. The van der Waals surface area contributed by atoms with Crippen molar-refractivity contribution in [3.05, 3.63) is 64.1 Å². The lowest BCUT2D eigenvalue weighted by molar-refractivity contribution is -0.120. The molecule has 3 rings (SSSR count). The zero-order valence-corrected chi connectivity index (χ0v) is 14.1. The van der Waals surface area contributed by atoms with Crippen molar-refractivity contribution < 1.29 is 4.79 Å². The quantitative estimate of drug-likeness (QED) is 0.702. The standard InChI is InChI=1S/C16H13Br2NO/c1-19-14-8-7-12(18)9-13(14)16(10-17,15(19)20)11-5-3-2-4-6-11/h2-9H,10H2,1H3. The van der Waals surface area contributed by atoms with Gasteiger partial charge in [0, 0.05) is 22.5 Å². The van der Waals surface area contributed by atoms with Crippen LogP contribution in [0.5, 0.6) is 0 Å². The molecule has 0 saturated heterocycles. The number of fused-ring (bicyclic) bond motifs is 1. The van der Waals surface area contributed by atoms with E-state index in [-0.39, 0.29) is 5.91 Å². The molecule has 0 spiro atoms. The Labute approximate surface area is 135 Å². The number of carbonyl (C=O) groups excluding carboxylic acids is 1. The fraction of sp³-hybridized carbons (Fsp3) is 0.188. The van der Waals surface area contributed by atoms with Crippen molar-refractivity contribution in [3.8, 4) is 0 Å². The molecule has 1 aliphatic heterocycles. The number of amides is 1. The second-order valence-electron chi connectivity index (χ2n) is 4.93.